The molecule has 1 aromatic carbocycles. The van der Waals surface area contributed by atoms with Gasteiger partial charge in [0.2, 0.25) is 0 Å². The molecular formula is C17H20ClN3O. The van der Waals surface area contributed by atoms with Crippen LogP contribution in [0.2, 0.25) is 5.02 Å². The Morgan fingerprint density at radius 1 is 1.32 bits per heavy atom. The number of carbonyl (C=O) groups is 1. The number of amides is 1. The zero-order chi connectivity index (χ0) is 15.9. The number of halogens is 1. The molecule has 3 rings (SSSR count). The van der Waals surface area contributed by atoms with Gasteiger partial charge in [0.1, 0.15) is 0 Å². The van der Waals surface area contributed by atoms with Crippen LogP contribution in [0.1, 0.15) is 28.2 Å². The lowest BCUT2D eigenvalue weighted by molar-refractivity contribution is 0.0790. The molecule has 1 aliphatic heterocycles. The van der Waals surface area contributed by atoms with Crippen LogP contribution < -0.4 is 5.73 Å². The Hall–Kier alpha value is -1.78. The number of rotatable bonds is 2. The summed E-state index contributed by atoms with van der Waals surface area (Å²) in [6.07, 6.45) is 0.874. The zero-order valence-corrected chi connectivity index (χ0v) is 13.6. The Kier molecular flexibility index (Phi) is 3.98. The third kappa shape index (κ3) is 2.64. The van der Waals surface area contributed by atoms with E-state index in [-0.39, 0.29) is 11.9 Å². The van der Waals surface area contributed by atoms with Gasteiger partial charge in [-0.25, -0.2) is 0 Å². The van der Waals surface area contributed by atoms with E-state index < -0.39 is 0 Å². The molecule has 1 aliphatic rings. The summed E-state index contributed by atoms with van der Waals surface area (Å²) in [5.74, 6) is 0.0642. The fraction of sp³-hybridized carbons (Fsp3) is 0.353. The molecule has 0 unspecified atom stereocenters. The molecule has 22 heavy (non-hydrogen) atoms. The van der Waals surface area contributed by atoms with E-state index in [1.165, 1.54) is 0 Å². The highest BCUT2D eigenvalue weighted by Crippen LogP contribution is 2.24. The number of nitrogens with zero attached hydrogens (tertiary/aromatic N) is 2. The van der Waals surface area contributed by atoms with Crippen LogP contribution in [-0.4, -0.2) is 34.5 Å². The minimum Gasteiger partial charge on any atom is -0.337 e. The fourth-order valence-electron chi connectivity index (χ4n) is 3.13. The number of aromatic nitrogens is 1. The summed E-state index contributed by atoms with van der Waals surface area (Å²) in [5, 5.41) is 0.684. The Morgan fingerprint density at radius 3 is 2.73 bits per heavy atom. The SMILES string of the molecule is Cc1cc(C(=O)N2CC[C@@H](N)C2)c(C)n1-c1cccc(Cl)c1. The van der Waals surface area contributed by atoms with Crippen molar-refractivity contribution in [1.82, 2.24) is 9.47 Å². The quantitative estimate of drug-likeness (QED) is 0.926. The first-order valence-electron chi connectivity index (χ1n) is 7.47. The second-order valence-electron chi connectivity index (χ2n) is 5.90. The third-order valence-electron chi connectivity index (χ3n) is 4.24. The molecule has 0 radical (unpaired) electrons. The molecule has 2 aromatic rings. The van der Waals surface area contributed by atoms with Crippen LogP contribution in [-0.2, 0) is 0 Å². The molecule has 2 heterocycles. The molecule has 4 nitrogen and oxygen atoms in total. The topological polar surface area (TPSA) is 51.3 Å². The number of likely N-dealkylation sites (tertiary alicyclic amines) is 1. The standard InChI is InChI=1S/C17H20ClN3O/c1-11-8-16(17(22)20-7-6-14(19)10-20)12(2)21(11)15-5-3-4-13(18)9-15/h3-5,8-9,14H,6-7,10,19H2,1-2H3/t14-/m1/s1. The van der Waals surface area contributed by atoms with Crippen LogP contribution in [0.3, 0.4) is 0 Å². The molecule has 116 valence electrons. The summed E-state index contributed by atoms with van der Waals surface area (Å²) in [7, 11) is 0. The molecule has 0 bridgehead atoms. The van der Waals surface area contributed by atoms with Crippen molar-refractivity contribution >= 4 is 17.5 Å². The number of nitrogens with two attached hydrogens (primary N) is 1. The molecule has 5 heteroatoms. The van der Waals surface area contributed by atoms with Crippen molar-refractivity contribution in [3.63, 3.8) is 0 Å². The normalized spacial score (nSPS) is 18.0. The molecular weight excluding hydrogens is 298 g/mol. The van der Waals surface area contributed by atoms with Crippen LogP contribution >= 0.6 is 11.6 Å². The Bertz CT molecular complexity index is 723. The Balaban J connectivity index is 1.98. The predicted octanol–water partition coefficient (Wildman–Crippen LogP) is 2.92. The van der Waals surface area contributed by atoms with E-state index in [0.717, 1.165) is 35.6 Å². The number of carbonyl (C=O) groups excluding carboxylic acids is 1. The third-order valence-corrected chi connectivity index (χ3v) is 4.47. The monoisotopic (exact) mass is 317 g/mol. The molecule has 1 aromatic heterocycles. The summed E-state index contributed by atoms with van der Waals surface area (Å²) >= 11 is 6.09. The Morgan fingerprint density at radius 2 is 2.09 bits per heavy atom. The number of hydrogen-bond donors (Lipinski definition) is 1. The summed E-state index contributed by atoms with van der Waals surface area (Å²) in [6.45, 7) is 5.35. The lowest BCUT2D eigenvalue weighted by atomic mass is 10.2. The minimum absolute atomic E-state index is 0.0642. The summed E-state index contributed by atoms with van der Waals surface area (Å²) in [4.78, 5) is 14.6. The molecule has 0 spiro atoms. The molecule has 1 atom stereocenters. The maximum absolute atomic E-state index is 12.7. The highest BCUT2D eigenvalue weighted by Gasteiger charge is 2.27. The van der Waals surface area contributed by atoms with Crippen LogP contribution in [0.5, 0.6) is 0 Å². The van der Waals surface area contributed by atoms with Crippen molar-refractivity contribution in [2.75, 3.05) is 13.1 Å². The van der Waals surface area contributed by atoms with Gasteiger partial charge in [-0.3, -0.25) is 4.79 Å². The second kappa shape index (κ2) is 5.78. The average molecular weight is 318 g/mol. The number of aryl methyl sites for hydroxylation is 1. The van der Waals surface area contributed by atoms with Gasteiger partial charge in [-0.1, -0.05) is 17.7 Å². The molecule has 2 N–H and O–H groups in total. The van der Waals surface area contributed by atoms with Crippen molar-refractivity contribution in [2.24, 2.45) is 5.73 Å². The van der Waals surface area contributed by atoms with Gasteiger partial charge in [0, 0.05) is 41.2 Å². The lowest BCUT2D eigenvalue weighted by Crippen LogP contribution is -2.32. The minimum atomic E-state index is 0.0642. The van der Waals surface area contributed by atoms with Crippen molar-refractivity contribution in [3.8, 4) is 5.69 Å². The van der Waals surface area contributed by atoms with E-state index in [2.05, 4.69) is 4.57 Å². The number of benzene rings is 1. The Labute approximate surface area is 135 Å². The van der Waals surface area contributed by atoms with Crippen molar-refractivity contribution < 1.29 is 4.79 Å². The van der Waals surface area contributed by atoms with Crippen LogP contribution in [0, 0.1) is 13.8 Å². The average Bonchev–Trinajstić information content (AvgIpc) is 3.02. The summed E-state index contributed by atoms with van der Waals surface area (Å²) < 4.78 is 2.06. The van der Waals surface area contributed by atoms with E-state index in [0.29, 0.717) is 11.6 Å². The number of hydrogen-bond acceptors (Lipinski definition) is 2. The van der Waals surface area contributed by atoms with Gasteiger partial charge in [0.25, 0.3) is 5.91 Å². The largest absolute Gasteiger partial charge is 0.337 e. The van der Waals surface area contributed by atoms with E-state index in [4.69, 9.17) is 17.3 Å². The smallest absolute Gasteiger partial charge is 0.255 e. The lowest BCUT2D eigenvalue weighted by Gasteiger charge is -2.16. The van der Waals surface area contributed by atoms with Crippen LogP contribution in [0.15, 0.2) is 30.3 Å². The molecule has 1 saturated heterocycles. The first-order valence-corrected chi connectivity index (χ1v) is 7.85. The van der Waals surface area contributed by atoms with E-state index >= 15 is 0 Å². The van der Waals surface area contributed by atoms with Gasteiger partial charge in [0.15, 0.2) is 0 Å². The maximum Gasteiger partial charge on any atom is 0.255 e. The van der Waals surface area contributed by atoms with Crippen LogP contribution in [0.25, 0.3) is 5.69 Å². The van der Waals surface area contributed by atoms with Gasteiger partial charge in [-0.15, -0.1) is 0 Å². The van der Waals surface area contributed by atoms with Gasteiger partial charge < -0.3 is 15.2 Å². The fourth-order valence-corrected chi connectivity index (χ4v) is 3.32. The van der Waals surface area contributed by atoms with Crippen LogP contribution in [0.4, 0.5) is 0 Å². The van der Waals surface area contributed by atoms with E-state index in [1.54, 1.807) is 0 Å². The summed E-state index contributed by atoms with van der Waals surface area (Å²) in [5.41, 5.74) is 9.58. The zero-order valence-electron chi connectivity index (χ0n) is 12.8. The summed E-state index contributed by atoms with van der Waals surface area (Å²) in [6, 6.07) is 9.70. The molecule has 1 fully saturated rings. The van der Waals surface area contributed by atoms with E-state index in [9.17, 15) is 4.79 Å². The van der Waals surface area contributed by atoms with Crippen molar-refractivity contribution in [2.45, 2.75) is 26.3 Å². The van der Waals surface area contributed by atoms with Gasteiger partial charge in [-0.2, -0.15) is 0 Å². The van der Waals surface area contributed by atoms with E-state index in [1.807, 2.05) is 49.1 Å². The van der Waals surface area contributed by atoms with Crippen molar-refractivity contribution in [3.05, 3.63) is 52.3 Å². The predicted molar refractivity (Wildman–Crippen MR) is 88.7 cm³/mol. The van der Waals surface area contributed by atoms with Gasteiger partial charge in [-0.05, 0) is 44.5 Å². The molecule has 0 aliphatic carbocycles. The second-order valence-corrected chi connectivity index (χ2v) is 6.34. The highest BCUT2D eigenvalue weighted by molar-refractivity contribution is 6.30. The molecule has 1 amide bonds. The molecule has 0 saturated carbocycles. The van der Waals surface area contributed by atoms with Crippen molar-refractivity contribution in [1.29, 1.82) is 0 Å². The highest BCUT2D eigenvalue weighted by atomic mass is 35.5. The van der Waals surface area contributed by atoms with Gasteiger partial charge >= 0.3 is 0 Å². The van der Waals surface area contributed by atoms with Gasteiger partial charge in [0.05, 0.1) is 5.56 Å². The maximum atomic E-state index is 12.7. The first kappa shape index (κ1) is 15.1. The first-order chi connectivity index (χ1) is 10.5.